The van der Waals surface area contributed by atoms with Crippen LogP contribution in [0.3, 0.4) is 0 Å². The number of fused-ring (bicyclic) bond motifs is 8. The van der Waals surface area contributed by atoms with E-state index in [0.29, 0.717) is 0 Å². The summed E-state index contributed by atoms with van der Waals surface area (Å²) >= 11 is 1.89. The van der Waals surface area contributed by atoms with Gasteiger partial charge in [-0.25, -0.2) is 0 Å². The summed E-state index contributed by atoms with van der Waals surface area (Å²) in [7, 11) is 0. The van der Waals surface area contributed by atoms with Crippen molar-refractivity contribution in [1.82, 2.24) is 4.57 Å². The van der Waals surface area contributed by atoms with E-state index in [4.69, 9.17) is 0 Å². The minimum atomic E-state index is 1.09. The van der Waals surface area contributed by atoms with Crippen molar-refractivity contribution in [2.75, 3.05) is 4.90 Å². The van der Waals surface area contributed by atoms with Crippen LogP contribution < -0.4 is 4.90 Å². The Kier molecular flexibility index (Phi) is 9.75. The van der Waals surface area contributed by atoms with Crippen LogP contribution in [0.1, 0.15) is 0 Å². The highest BCUT2D eigenvalue weighted by Crippen LogP contribution is 2.50. The average molecular weight is 921 g/mol. The summed E-state index contributed by atoms with van der Waals surface area (Å²) in [6.07, 6.45) is 0. The molecule has 332 valence electrons. The average Bonchev–Trinajstić information content (AvgIpc) is 4.00. The Morgan fingerprint density at radius 2 is 0.887 bits per heavy atom. The maximum atomic E-state index is 2.49. The van der Waals surface area contributed by atoms with E-state index >= 15 is 0 Å². The molecule has 0 spiro atoms. The Balaban J connectivity index is 0.970. The second kappa shape index (κ2) is 16.9. The van der Waals surface area contributed by atoms with E-state index in [-0.39, 0.29) is 0 Å². The molecular weight excluding hydrogens is 877 g/mol. The Morgan fingerprint density at radius 3 is 1.69 bits per heavy atom. The Bertz CT molecular complexity index is 4340. The molecule has 0 aliphatic rings. The lowest BCUT2D eigenvalue weighted by Crippen LogP contribution is -2.10. The number of benzene rings is 12. The molecule has 0 atom stereocenters. The molecule has 2 heterocycles. The zero-order valence-corrected chi connectivity index (χ0v) is 39.5. The molecule has 0 fully saturated rings. The van der Waals surface area contributed by atoms with Gasteiger partial charge >= 0.3 is 0 Å². The number of nitrogens with zero attached hydrogens (tertiary/aromatic N) is 2. The van der Waals surface area contributed by atoms with Crippen molar-refractivity contribution in [3.63, 3.8) is 0 Å². The van der Waals surface area contributed by atoms with Gasteiger partial charge in [-0.3, -0.25) is 0 Å². The fraction of sp³-hybridized carbons (Fsp3) is 0. The zero-order chi connectivity index (χ0) is 46.8. The molecule has 0 aliphatic heterocycles. The van der Waals surface area contributed by atoms with Gasteiger partial charge in [0, 0.05) is 53.6 Å². The zero-order valence-electron chi connectivity index (χ0n) is 38.7. The van der Waals surface area contributed by atoms with E-state index in [2.05, 4.69) is 276 Å². The number of thiophene rings is 1. The molecule has 0 amide bonds. The number of rotatable bonds is 8. The van der Waals surface area contributed by atoms with E-state index in [1.807, 2.05) is 11.3 Å². The van der Waals surface area contributed by atoms with Crippen molar-refractivity contribution in [3.05, 3.63) is 267 Å². The second-order valence-electron chi connectivity index (χ2n) is 18.4. The van der Waals surface area contributed by atoms with Crippen LogP contribution in [-0.4, -0.2) is 4.57 Å². The quantitative estimate of drug-likeness (QED) is 0.147. The van der Waals surface area contributed by atoms with Gasteiger partial charge in [-0.05, 0) is 127 Å². The molecule has 0 aliphatic carbocycles. The third kappa shape index (κ3) is 6.85. The number of anilines is 3. The van der Waals surface area contributed by atoms with Gasteiger partial charge in [0.2, 0.25) is 0 Å². The van der Waals surface area contributed by atoms with E-state index in [1.165, 1.54) is 102 Å². The second-order valence-corrected chi connectivity index (χ2v) is 19.4. The molecule has 0 saturated heterocycles. The third-order valence-corrected chi connectivity index (χ3v) is 15.6. The van der Waals surface area contributed by atoms with Crippen LogP contribution >= 0.6 is 11.3 Å². The SMILES string of the molecule is c1ccc(-n2c3ccccc3c3c(-c4cccc(N(c5ccc(-c6cccc(-c7cccc8ccccc78)c6)cc5)c5ccc(-c6cccc7ccccc67)c6sc7ccccc7c56)c4)cccc32)cc1. The van der Waals surface area contributed by atoms with Crippen molar-refractivity contribution in [2.45, 2.75) is 0 Å². The van der Waals surface area contributed by atoms with Crippen LogP contribution in [0.25, 0.3) is 114 Å². The third-order valence-electron chi connectivity index (χ3n) is 14.4. The minimum Gasteiger partial charge on any atom is -0.310 e. The Morgan fingerprint density at radius 1 is 0.310 bits per heavy atom. The van der Waals surface area contributed by atoms with Crippen LogP contribution in [0, 0.1) is 0 Å². The molecule has 3 heteroatoms. The number of hydrogen-bond donors (Lipinski definition) is 0. The number of aromatic nitrogens is 1. The van der Waals surface area contributed by atoms with Gasteiger partial charge in [0.05, 0.1) is 16.7 Å². The van der Waals surface area contributed by atoms with Crippen LogP contribution in [0.15, 0.2) is 267 Å². The monoisotopic (exact) mass is 920 g/mol. The van der Waals surface area contributed by atoms with Gasteiger partial charge in [0.1, 0.15) is 0 Å². The first-order valence-corrected chi connectivity index (χ1v) is 25.1. The topological polar surface area (TPSA) is 8.17 Å². The van der Waals surface area contributed by atoms with Crippen molar-refractivity contribution >= 4 is 91.9 Å². The molecular formula is C68H44N2S. The smallest absolute Gasteiger partial charge is 0.0555 e. The van der Waals surface area contributed by atoms with E-state index in [0.717, 1.165) is 28.3 Å². The van der Waals surface area contributed by atoms with E-state index in [9.17, 15) is 0 Å². The molecule has 2 nitrogen and oxygen atoms in total. The summed E-state index contributed by atoms with van der Waals surface area (Å²) in [4.78, 5) is 2.49. The van der Waals surface area contributed by atoms with Gasteiger partial charge in [-0.15, -0.1) is 11.3 Å². The van der Waals surface area contributed by atoms with Crippen molar-refractivity contribution < 1.29 is 0 Å². The molecule has 2 aromatic heterocycles. The largest absolute Gasteiger partial charge is 0.310 e. The predicted molar refractivity (Wildman–Crippen MR) is 305 cm³/mol. The number of para-hydroxylation sites is 2. The summed E-state index contributed by atoms with van der Waals surface area (Å²) in [6, 6.07) is 98.0. The lowest BCUT2D eigenvalue weighted by Gasteiger charge is -2.28. The summed E-state index contributed by atoms with van der Waals surface area (Å²) in [6.45, 7) is 0. The summed E-state index contributed by atoms with van der Waals surface area (Å²) < 4.78 is 4.95. The highest BCUT2D eigenvalue weighted by Gasteiger charge is 2.23. The lowest BCUT2D eigenvalue weighted by atomic mass is 9.95. The molecule has 14 aromatic rings. The van der Waals surface area contributed by atoms with Crippen LogP contribution in [0.2, 0.25) is 0 Å². The first-order chi connectivity index (χ1) is 35.2. The lowest BCUT2D eigenvalue weighted by molar-refractivity contribution is 1.18. The van der Waals surface area contributed by atoms with Gasteiger partial charge in [-0.1, -0.05) is 200 Å². The highest BCUT2D eigenvalue weighted by molar-refractivity contribution is 7.26. The molecule has 0 radical (unpaired) electrons. The van der Waals surface area contributed by atoms with E-state index in [1.54, 1.807) is 0 Å². The Labute approximate surface area is 416 Å². The molecule has 0 unspecified atom stereocenters. The predicted octanol–water partition coefficient (Wildman–Crippen LogP) is 19.6. The van der Waals surface area contributed by atoms with Crippen molar-refractivity contribution in [2.24, 2.45) is 0 Å². The maximum Gasteiger partial charge on any atom is 0.0555 e. The van der Waals surface area contributed by atoms with Crippen LogP contribution in [0.4, 0.5) is 17.1 Å². The van der Waals surface area contributed by atoms with Gasteiger partial charge in [0.15, 0.2) is 0 Å². The molecule has 12 aromatic carbocycles. The van der Waals surface area contributed by atoms with Gasteiger partial charge < -0.3 is 9.47 Å². The standard InChI is InChI=1S/C68H44N2S/c1-2-24-51(25-3-1)70-62-34-10-8-29-60(62)66-57(32-16-35-63(66)70)50-23-13-26-53(44-50)69(52-39-37-45(38-40-52)48-21-12-22-49(43-48)56-31-14-19-46-17-4-6-27-54(46)56)64-42-41-59(58-33-15-20-47-18-5-7-28-55(47)58)68-67(64)61-30-9-11-36-65(61)71-68/h1-44H. The summed E-state index contributed by atoms with van der Waals surface area (Å²) in [5.41, 5.74) is 16.5. The first kappa shape index (κ1) is 41.0. The van der Waals surface area contributed by atoms with Crippen LogP contribution in [0.5, 0.6) is 0 Å². The van der Waals surface area contributed by atoms with Crippen molar-refractivity contribution in [3.8, 4) is 50.2 Å². The molecule has 0 bridgehead atoms. The molecule has 0 N–H and O–H groups in total. The maximum absolute atomic E-state index is 2.49. The van der Waals surface area contributed by atoms with E-state index < -0.39 is 0 Å². The molecule has 14 rings (SSSR count). The molecule has 71 heavy (non-hydrogen) atoms. The highest BCUT2D eigenvalue weighted by atomic mass is 32.1. The Hall–Kier alpha value is -9.02. The van der Waals surface area contributed by atoms with Crippen LogP contribution in [-0.2, 0) is 0 Å². The fourth-order valence-electron chi connectivity index (χ4n) is 11.2. The van der Waals surface area contributed by atoms with Crippen molar-refractivity contribution in [1.29, 1.82) is 0 Å². The van der Waals surface area contributed by atoms with Gasteiger partial charge in [0.25, 0.3) is 0 Å². The molecule has 0 saturated carbocycles. The summed E-state index contributed by atoms with van der Waals surface area (Å²) in [5, 5.41) is 10.00. The summed E-state index contributed by atoms with van der Waals surface area (Å²) in [5.74, 6) is 0. The minimum absolute atomic E-state index is 1.09. The number of hydrogen-bond acceptors (Lipinski definition) is 2. The van der Waals surface area contributed by atoms with Gasteiger partial charge in [-0.2, -0.15) is 0 Å². The first-order valence-electron chi connectivity index (χ1n) is 24.3. The normalized spacial score (nSPS) is 11.7. The fourth-order valence-corrected chi connectivity index (χ4v) is 12.4.